The maximum absolute atomic E-state index is 14.7. The van der Waals surface area contributed by atoms with E-state index in [9.17, 15) is 19.2 Å². The Kier molecular flexibility index (Phi) is 8.52. The predicted octanol–water partition coefficient (Wildman–Crippen LogP) is 6.73. The Morgan fingerprint density at radius 3 is 2.16 bits per heavy atom. The molecule has 0 spiro atoms. The molecule has 0 aliphatic carbocycles. The number of ketones is 1. The smallest absolute Gasteiger partial charge is 0.323 e. The highest BCUT2D eigenvalue weighted by atomic mass is 32.1. The average molecular weight is 615 g/mol. The van der Waals surface area contributed by atoms with Gasteiger partial charge in [0.1, 0.15) is 6.04 Å². The molecular weight excluding hydrogens is 581 g/mol. The fourth-order valence-electron chi connectivity index (χ4n) is 6.11. The van der Waals surface area contributed by atoms with Crippen LogP contribution in [-0.4, -0.2) is 34.6 Å². The van der Waals surface area contributed by atoms with Crippen LogP contribution in [0.1, 0.15) is 60.6 Å². The molecule has 1 saturated heterocycles. The topological polar surface area (TPSA) is 122 Å². The van der Waals surface area contributed by atoms with Gasteiger partial charge in [0.2, 0.25) is 11.8 Å². The van der Waals surface area contributed by atoms with Crippen LogP contribution in [0.25, 0.3) is 0 Å². The Morgan fingerprint density at radius 2 is 1.60 bits per heavy atom. The molecule has 1 aliphatic rings. The van der Waals surface area contributed by atoms with E-state index in [1.54, 1.807) is 30.3 Å². The second-order valence-corrected chi connectivity index (χ2v) is 13.4. The molecule has 4 amide bonds. The molecule has 3 heterocycles. The molecule has 4 aromatic rings. The summed E-state index contributed by atoms with van der Waals surface area (Å²) >= 11 is 2.99. The van der Waals surface area contributed by atoms with E-state index in [2.05, 4.69) is 10.6 Å². The molecule has 2 aromatic carbocycles. The molecule has 5 rings (SSSR count). The number of primary amides is 1. The zero-order valence-electron chi connectivity index (χ0n) is 24.6. The molecule has 0 radical (unpaired) electrons. The van der Waals surface area contributed by atoms with E-state index in [1.165, 1.54) is 34.5 Å². The Morgan fingerprint density at radius 1 is 0.884 bits per heavy atom. The number of hydrogen-bond donors (Lipinski definition) is 3. The highest BCUT2D eigenvalue weighted by Gasteiger charge is 2.58. The lowest BCUT2D eigenvalue weighted by atomic mass is 9.76. The molecule has 222 valence electrons. The first kappa shape index (κ1) is 30.2. The first-order valence-electron chi connectivity index (χ1n) is 13.9. The number of carbonyl (C=O) groups is 4. The van der Waals surface area contributed by atoms with Gasteiger partial charge in [0.25, 0.3) is 0 Å². The third kappa shape index (κ3) is 5.98. The molecule has 0 bridgehead atoms. The number of Topliss-reactive ketones (excluding diaryl/α,β-unsaturated/α-hetero) is 1. The normalized spacial score (nSPS) is 19.7. The molecule has 4 unspecified atom stereocenters. The van der Waals surface area contributed by atoms with Crippen molar-refractivity contribution in [3.05, 3.63) is 103 Å². The Labute approximate surface area is 258 Å². The zero-order chi connectivity index (χ0) is 31.0. The number of nitrogens with two attached hydrogens (primary N) is 1. The monoisotopic (exact) mass is 614 g/mol. The van der Waals surface area contributed by atoms with Crippen molar-refractivity contribution in [2.75, 3.05) is 10.6 Å². The van der Waals surface area contributed by atoms with E-state index in [0.717, 1.165) is 25.8 Å². The maximum Gasteiger partial charge on any atom is 0.323 e. The van der Waals surface area contributed by atoms with Crippen molar-refractivity contribution in [1.82, 2.24) is 4.90 Å². The highest BCUT2D eigenvalue weighted by Crippen LogP contribution is 2.53. The Bertz CT molecular complexity index is 1710. The lowest BCUT2D eigenvalue weighted by molar-refractivity contribution is -0.122. The fourth-order valence-corrected chi connectivity index (χ4v) is 8.11. The number of urea groups is 1. The summed E-state index contributed by atoms with van der Waals surface area (Å²) in [5.74, 6) is -2.62. The number of nitrogens with one attached hydrogen (secondary N) is 2. The van der Waals surface area contributed by atoms with Gasteiger partial charge in [-0.3, -0.25) is 14.4 Å². The first-order valence-corrected chi connectivity index (χ1v) is 15.6. The summed E-state index contributed by atoms with van der Waals surface area (Å²) in [6.45, 7) is 9.16. The number of hydrogen-bond acceptors (Lipinski definition) is 6. The molecule has 0 saturated carbocycles. The quantitative estimate of drug-likeness (QED) is 0.200. The van der Waals surface area contributed by atoms with E-state index in [0.29, 0.717) is 22.5 Å². The van der Waals surface area contributed by atoms with Crippen molar-refractivity contribution < 1.29 is 19.2 Å². The van der Waals surface area contributed by atoms with Gasteiger partial charge in [-0.2, -0.15) is 0 Å². The number of likely N-dealkylation sites (tertiary alicyclic amines) is 1. The van der Waals surface area contributed by atoms with Gasteiger partial charge in [-0.05, 0) is 86.2 Å². The van der Waals surface area contributed by atoms with Gasteiger partial charge >= 0.3 is 6.03 Å². The molecule has 1 fully saturated rings. The Hall–Kier alpha value is -4.28. The van der Waals surface area contributed by atoms with Crippen LogP contribution < -0.4 is 16.4 Å². The van der Waals surface area contributed by atoms with Gasteiger partial charge in [-0.15, -0.1) is 22.7 Å². The second-order valence-electron chi connectivity index (χ2n) is 11.0. The summed E-state index contributed by atoms with van der Waals surface area (Å²) in [6, 6.07) is 15.9. The van der Waals surface area contributed by atoms with Crippen molar-refractivity contribution >= 4 is 57.7 Å². The number of rotatable bonds is 7. The molecular formula is C33H34N4O4S2. The lowest BCUT2D eigenvalue weighted by Gasteiger charge is -2.30. The summed E-state index contributed by atoms with van der Waals surface area (Å²) in [6.07, 6.45) is 0. The van der Waals surface area contributed by atoms with Gasteiger partial charge in [-0.1, -0.05) is 24.3 Å². The molecule has 1 aliphatic heterocycles. The van der Waals surface area contributed by atoms with Crippen LogP contribution in [0.5, 0.6) is 0 Å². The van der Waals surface area contributed by atoms with Gasteiger partial charge in [-0.25, -0.2) is 4.79 Å². The molecule has 43 heavy (non-hydrogen) atoms. The summed E-state index contributed by atoms with van der Waals surface area (Å²) in [7, 11) is 0. The Balaban J connectivity index is 1.71. The minimum atomic E-state index is -1.13. The molecule has 10 heteroatoms. The minimum absolute atomic E-state index is 0.146. The molecule has 4 atom stereocenters. The van der Waals surface area contributed by atoms with E-state index in [-0.39, 0.29) is 11.7 Å². The van der Waals surface area contributed by atoms with Crippen LogP contribution in [-0.2, 0) is 9.59 Å². The zero-order valence-corrected chi connectivity index (χ0v) is 26.3. The largest absolute Gasteiger partial charge is 0.368 e. The molecule has 4 N–H and O–H groups in total. The number of aryl methyl sites for hydroxylation is 4. The van der Waals surface area contributed by atoms with Crippen LogP contribution in [0.2, 0.25) is 0 Å². The van der Waals surface area contributed by atoms with Crippen LogP contribution in [0.15, 0.2) is 66.0 Å². The third-order valence-electron chi connectivity index (χ3n) is 7.86. The summed E-state index contributed by atoms with van der Waals surface area (Å²) in [4.78, 5) is 58.2. The highest BCUT2D eigenvalue weighted by molar-refractivity contribution is 7.12. The first-order chi connectivity index (χ1) is 20.5. The van der Waals surface area contributed by atoms with E-state index >= 15 is 0 Å². The van der Waals surface area contributed by atoms with Crippen molar-refractivity contribution in [2.45, 2.75) is 52.6 Å². The summed E-state index contributed by atoms with van der Waals surface area (Å²) < 4.78 is 0. The maximum atomic E-state index is 14.7. The predicted molar refractivity (Wildman–Crippen MR) is 172 cm³/mol. The van der Waals surface area contributed by atoms with E-state index in [4.69, 9.17) is 5.73 Å². The van der Waals surface area contributed by atoms with Crippen molar-refractivity contribution in [1.29, 1.82) is 0 Å². The number of amides is 4. The van der Waals surface area contributed by atoms with Crippen LogP contribution in [0.3, 0.4) is 0 Å². The molecule has 8 nitrogen and oxygen atoms in total. The van der Waals surface area contributed by atoms with Gasteiger partial charge in [0, 0.05) is 44.4 Å². The standard InChI is InChI=1S/C33H34N4O4S2/c1-17-7-6-8-24(15-17)36-33(41)37-28(31-18(2)13-14-42-31)27(30(39)25-16-19(3)43-20(25)4)26(29(37)32(34)40)22-9-11-23(12-10-22)35-21(5)38/h6-16,26-29H,1-5H3,(H2,34,40)(H,35,38)(H,36,41). The number of anilines is 2. The number of nitrogens with zero attached hydrogens (tertiary/aromatic N) is 1. The number of thiophene rings is 2. The van der Waals surface area contributed by atoms with E-state index in [1.807, 2.05) is 63.4 Å². The van der Waals surface area contributed by atoms with Crippen LogP contribution >= 0.6 is 22.7 Å². The fraction of sp³-hybridized carbons (Fsp3) is 0.273. The van der Waals surface area contributed by atoms with Crippen molar-refractivity contribution in [3.8, 4) is 0 Å². The van der Waals surface area contributed by atoms with E-state index < -0.39 is 35.9 Å². The van der Waals surface area contributed by atoms with Gasteiger partial charge in [0.05, 0.1) is 12.0 Å². The third-order valence-corrected chi connectivity index (χ3v) is 9.91. The van der Waals surface area contributed by atoms with Gasteiger partial charge < -0.3 is 21.3 Å². The summed E-state index contributed by atoms with van der Waals surface area (Å²) in [5, 5.41) is 7.65. The van der Waals surface area contributed by atoms with Crippen LogP contribution in [0, 0.1) is 33.6 Å². The lowest BCUT2D eigenvalue weighted by Crippen LogP contribution is -2.48. The summed E-state index contributed by atoms with van der Waals surface area (Å²) in [5.41, 5.74) is 10.4. The van der Waals surface area contributed by atoms with Crippen LogP contribution in [0.4, 0.5) is 16.2 Å². The second kappa shape index (κ2) is 12.1. The van der Waals surface area contributed by atoms with Crippen molar-refractivity contribution in [2.24, 2.45) is 11.7 Å². The van der Waals surface area contributed by atoms with Gasteiger partial charge in [0.15, 0.2) is 5.78 Å². The minimum Gasteiger partial charge on any atom is -0.368 e. The number of carbonyl (C=O) groups excluding carboxylic acids is 4. The number of benzene rings is 2. The average Bonchev–Trinajstić information content (AvgIpc) is 3.62. The molecule has 2 aromatic heterocycles. The SMILES string of the molecule is CC(=O)Nc1ccc(C2C(C(=O)c3cc(C)sc3C)C(c3sccc3C)N(C(=O)Nc3cccc(C)c3)C2C(N)=O)cc1. The van der Waals surface area contributed by atoms with Crippen molar-refractivity contribution in [3.63, 3.8) is 0 Å².